The number of hydrogen-bond donors (Lipinski definition) is 0. The minimum atomic E-state index is -2.95. The molecule has 3 rings (SSSR count). The molecule has 1 atom stereocenters. The van der Waals surface area contributed by atoms with E-state index < -0.39 is 8.77 Å². The Balaban J connectivity index is 1.69. The summed E-state index contributed by atoms with van der Waals surface area (Å²) in [6.45, 7) is 2.12. The van der Waals surface area contributed by atoms with Crippen molar-refractivity contribution in [3.63, 3.8) is 0 Å². The Bertz CT molecular complexity index is 934. The van der Waals surface area contributed by atoms with E-state index in [1.807, 2.05) is 73.7 Å². The molecule has 0 spiro atoms. The summed E-state index contributed by atoms with van der Waals surface area (Å²) in [6.07, 6.45) is 0. The molecule has 0 fully saturated rings. The van der Waals surface area contributed by atoms with E-state index in [9.17, 15) is 4.21 Å². The summed E-state index contributed by atoms with van der Waals surface area (Å²) in [4.78, 5) is 0.518. The molecule has 3 nitrogen and oxygen atoms in total. The molecule has 0 radical (unpaired) electrons. The van der Waals surface area contributed by atoms with E-state index in [1.54, 1.807) is 12.1 Å². The highest BCUT2D eigenvalue weighted by atomic mass is 32.8. The van der Waals surface area contributed by atoms with Crippen molar-refractivity contribution in [1.29, 1.82) is 0 Å². The molecule has 0 saturated heterocycles. The molecule has 25 heavy (non-hydrogen) atoms. The maximum absolute atomic E-state index is 12.6. The van der Waals surface area contributed by atoms with E-state index in [1.165, 1.54) is 0 Å². The highest BCUT2D eigenvalue weighted by Crippen LogP contribution is 2.23. The van der Waals surface area contributed by atoms with Crippen LogP contribution in [-0.4, -0.2) is 4.21 Å². The van der Waals surface area contributed by atoms with Gasteiger partial charge in [0.2, 0.25) is 0 Å². The van der Waals surface area contributed by atoms with Crippen LogP contribution >= 0.6 is 0 Å². The van der Waals surface area contributed by atoms with Gasteiger partial charge in [-0.3, -0.25) is 4.18 Å². The Morgan fingerprint density at radius 1 is 0.880 bits per heavy atom. The van der Waals surface area contributed by atoms with Crippen LogP contribution < -0.4 is 4.74 Å². The summed E-state index contributed by atoms with van der Waals surface area (Å²) < 4.78 is 23.9. The van der Waals surface area contributed by atoms with Crippen LogP contribution in [0.2, 0.25) is 0 Å². The van der Waals surface area contributed by atoms with Crippen LogP contribution in [0.3, 0.4) is 0 Å². The molecule has 128 valence electrons. The normalized spacial score (nSPS) is 13.2. The molecule has 0 aliphatic carbocycles. The van der Waals surface area contributed by atoms with Crippen molar-refractivity contribution in [2.75, 3.05) is 0 Å². The quantitative estimate of drug-likeness (QED) is 0.610. The molecule has 0 aliphatic rings. The fourth-order valence-corrected chi connectivity index (χ4v) is 3.62. The number of ether oxygens (including phenoxy) is 1. The van der Waals surface area contributed by atoms with Crippen LogP contribution in [0.25, 0.3) is 0 Å². The summed E-state index contributed by atoms with van der Waals surface area (Å²) in [5.74, 6) is 1.45. The van der Waals surface area contributed by atoms with Crippen LogP contribution in [0.15, 0.2) is 83.8 Å². The van der Waals surface area contributed by atoms with E-state index in [-0.39, 0.29) is 6.61 Å². The van der Waals surface area contributed by atoms with Gasteiger partial charge in [-0.2, -0.15) is 0 Å². The van der Waals surface area contributed by atoms with E-state index in [0.29, 0.717) is 10.6 Å². The minimum absolute atomic E-state index is 0.155. The second-order valence-electron chi connectivity index (χ2n) is 5.59. The molecule has 0 saturated carbocycles. The summed E-state index contributed by atoms with van der Waals surface area (Å²) in [6, 6.07) is 24.2. The first kappa shape index (κ1) is 17.6. The first-order valence-corrected chi connectivity index (χ1v) is 10.2. The maximum Gasteiger partial charge on any atom is 0.173 e. The lowest BCUT2D eigenvalue weighted by Crippen LogP contribution is -2.05. The van der Waals surface area contributed by atoms with Gasteiger partial charge in [0.25, 0.3) is 0 Å². The van der Waals surface area contributed by atoms with Gasteiger partial charge in [-0.15, -0.1) is 0 Å². The molecular weight excluding hydrogens is 352 g/mol. The predicted molar refractivity (Wildman–Crippen MR) is 103 cm³/mol. The lowest BCUT2D eigenvalue weighted by atomic mass is 10.2. The van der Waals surface area contributed by atoms with Gasteiger partial charge in [-0.25, -0.2) is 4.21 Å². The third-order valence-corrected chi connectivity index (χ3v) is 5.71. The topological polar surface area (TPSA) is 35.5 Å². The molecule has 1 unspecified atom stereocenters. The van der Waals surface area contributed by atoms with E-state index in [4.69, 9.17) is 20.1 Å². The van der Waals surface area contributed by atoms with Crippen molar-refractivity contribution in [2.24, 2.45) is 0 Å². The Kier molecular flexibility index (Phi) is 5.48. The van der Waals surface area contributed by atoms with Crippen molar-refractivity contribution >= 4 is 20.0 Å². The molecule has 3 aromatic rings. The number of benzene rings is 3. The molecular formula is C20H18O3S2. The summed E-state index contributed by atoms with van der Waals surface area (Å²) >= 11 is 5.16. The second kappa shape index (κ2) is 7.78. The summed E-state index contributed by atoms with van der Waals surface area (Å²) in [7, 11) is -2.95. The highest BCUT2D eigenvalue weighted by Gasteiger charge is 2.11. The first-order valence-electron chi connectivity index (χ1n) is 7.81. The number of aryl methyl sites for hydroxylation is 1. The van der Waals surface area contributed by atoms with Gasteiger partial charge in [0.1, 0.15) is 11.5 Å². The van der Waals surface area contributed by atoms with Gasteiger partial charge >= 0.3 is 0 Å². The lowest BCUT2D eigenvalue weighted by molar-refractivity contribution is 0.334. The Labute approximate surface area is 153 Å². The van der Waals surface area contributed by atoms with Gasteiger partial charge in [0.05, 0.1) is 11.5 Å². The van der Waals surface area contributed by atoms with Crippen molar-refractivity contribution in [1.82, 2.24) is 0 Å². The molecule has 0 bridgehead atoms. The SMILES string of the molecule is Cc1ccc(S(=O)(=S)OCc2cccc(Oc3ccccc3)c2)cc1. The van der Waals surface area contributed by atoms with Crippen LogP contribution in [0.4, 0.5) is 0 Å². The van der Waals surface area contributed by atoms with Crippen LogP contribution in [0.1, 0.15) is 11.1 Å². The molecule has 0 heterocycles. The van der Waals surface area contributed by atoms with E-state index >= 15 is 0 Å². The van der Waals surface area contributed by atoms with Gasteiger partial charge in [0, 0.05) is 11.2 Å². The summed E-state index contributed by atoms with van der Waals surface area (Å²) in [5, 5.41) is 0. The van der Waals surface area contributed by atoms with Crippen LogP contribution in [0.5, 0.6) is 11.5 Å². The van der Waals surface area contributed by atoms with E-state index in [2.05, 4.69) is 0 Å². The monoisotopic (exact) mass is 370 g/mol. The molecule has 0 amide bonds. The molecule has 0 N–H and O–H groups in total. The average Bonchev–Trinajstić information content (AvgIpc) is 2.62. The van der Waals surface area contributed by atoms with Gasteiger partial charge in [-0.05, 0) is 48.9 Å². The number of para-hydroxylation sites is 1. The van der Waals surface area contributed by atoms with Crippen molar-refractivity contribution in [2.45, 2.75) is 18.4 Å². The third-order valence-electron chi connectivity index (χ3n) is 3.57. The zero-order valence-corrected chi connectivity index (χ0v) is 15.4. The maximum atomic E-state index is 12.6. The number of rotatable bonds is 6. The highest BCUT2D eigenvalue weighted by molar-refractivity contribution is 8.30. The zero-order valence-electron chi connectivity index (χ0n) is 13.8. The molecule has 0 aliphatic heterocycles. The number of hydrogen-bond acceptors (Lipinski definition) is 4. The van der Waals surface area contributed by atoms with Crippen molar-refractivity contribution in [3.8, 4) is 11.5 Å². The minimum Gasteiger partial charge on any atom is -0.457 e. The molecule has 3 aromatic carbocycles. The van der Waals surface area contributed by atoms with Crippen LogP contribution in [-0.2, 0) is 30.8 Å². The Morgan fingerprint density at radius 2 is 1.56 bits per heavy atom. The van der Waals surface area contributed by atoms with E-state index in [0.717, 1.165) is 16.9 Å². The largest absolute Gasteiger partial charge is 0.457 e. The zero-order chi connectivity index (χ0) is 17.7. The lowest BCUT2D eigenvalue weighted by Gasteiger charge is -2.10. The second-order valence-corrected chi connectivity index (χ2v) is 8.52. The van der Waals surface area contributed by atoms with Crippen molar-refractivity contribution < 1.29 is 13.1 Å². The fraction of sp³-hybridized carbons (Fsp3) is 0.100. The van der Waals surface area contributed by atoms with Gasteiger partial charge in [-0.1, -0.05) is 48.0 Å². The predicted octanol–water partition coefficient (Wildman–Crippen LogP) is 5.02. The molecule has 5 heteroatoms. The van der Waals surface area contributed by atoms with Crippen LogP contribution in [0, 0.1) is 6.92 Å². The smallest absolute Gasteiger partial charge is 0.173 e. The standard InChI is InChI=1S/C20H18O3S2/c1-16-10-12-20(13-11-16)25(21,24)22-15-17-6-5-9-19(14-17)23-18-7-3-2-4-8-18/h2-14H,15H2,1H3. The Hall–Kier alpha value is -2.21. The van der Waals surface area contributed by atoms with Crippen molar-refractivity contribution in [3.05, 3.63) is 90.0 Å². The third kappa shape index (κ3) is 4.89. The fourth-order valence-electron chi connectivity index (χ4n) is 2.24. The molecule has 0 aromatic heterocycles. The average molecular weight is 370 g/mol. The first-order chi connectivity index (χ1) is 12.0. The summed E-state index contributed by atoms with van der Waals surface area (Å²) in [5.41, 5.74) is 1.93. The Morgan fingerprint density at radius 3 is 2.28 bits per heavy atom. The van der Waals surface area contributed by atoms with Gasteiger partial charge in [0.15, 0.2) is 8.77 Å². The van der Waals surface area contributed by atoms with Gasteiger partial charge < -0.3 is 4.74 Å².